The number of nitrogens with one attached hydrogen (secondary N) is 1. The van der Waals surface area contributed by atoms with Gasteiger partial charge in [0.05, 0.1) is 18.2 Å². The van der Waals surface area contributed by atoms with Gasteiger partial charge in [0, 0.05) is 16.2 Å². The van der Waals surface area contributed by atoms with Gasteiger partial charge in [0.1, 0.15) is 5.82 Å². The summed E-state index contributed by atoms with van der Waals surface area (Å²) in [7, 11) is 0. The van der Waals surface area contributed by atoms with E-state index in [1.54, 1.807) is 28.8 Å². The standard InChI is InChI=1S/C27H23FN4O2S/c1-17-23(26-30-25(31-34-26)19-7-4-3-5-8-19)24(20-9-6-10-21(28)15-20)29-27(33)32(17)16-18-11-13-22(35-2)14-12-18/h3-15,24H,16H2,1-2H3,(H,29,33). The van der Waals surface area contributed by atoms with E-state index in [-0.39, 0.29) is 17.7 Å². The van der Waals surface area contributed by atoms with E-state index in [0.717, 1.165) is 16.0 Å². The first-order chi connectivity index (χ1) is 17.0. The van der Waals surface area contributed by atoms with E-state index in [9.17, 15) is 9.18 Å². The molecular formula is C27H23FN4O2S. The second-order valence-corrected chi connectivity index (χ2v) is 9.04. The Kier molecular flexibility index (Phi) is 6.37. The molecule has 2 heterocycles. The van der Waals surface area contributed by atoms with Crippen molar-refractivity contribution in [1.82, 2.24) is 20.4 Å². The number of benzene rings is 3. The Labute approximate surface area is 206 Å². The van der Waals surface area contributed by atoms with E-state index in [1.807, 2.05) is 67.8 Å². The third kappa shape index (κ3) is 4.70. The molecule has 176 valence electrons. The van der Waals surface area contributed by atoms with Gasteiger partial charge in [-0.25, -0.2) is 9.18 Å². The summed E-state index contributed by atoms with van der Waals surface area (Å²) in [6.45, 7) is 2.22. The zero-order chi connectivity index (χ0) is 24.4. The van der Waals surface area contributed by atoms with E-state index >= 15 is 0 Å². The number of aromatic nitrogens is 2. The van der Waals surface area contributed by atoms with E-state index in [0.29, 0.717) is 29.2 Å². The molecule has 8 heteroatoms. The molecule has 1 atom stereocenters. The molecule has 1 aromatic heterocycles. The Morgan fingerprint density at radius 1 is 1.06 bits per heavy atom. The number of nitrogens with zero attached hydrogens (tertiary/aromatic N) is 3. The summed E-state index contributed by atoms with van der Waals surface area (Å²) in [5.41, 5.74) is 3.69. The molecule has 3 aromatic carbocycles. The van der Waals surface area contributed by atoms with Crippen molar-refractivity contribution in [3.05, 3.63) is 107 Å². The minimum Gasteiger partial charge on any atom is -0.334 e. The molecule has 35 heavy (non-hydrogen) atoms. The van der Waals surface area contributed by atoms with Crippen LogP contribution in [-0.4, -0.2) is 27.3 Å². The molecule has 6 nitrogen and oxygen atoms in total. The van der Waals surface area contributed by atoms with Crippen molar-refractivity contribution in [3.63, 3.8) is 0 Å². The van der Waals surface area contributed by atoms with Crippen LogP contribution in [-0.2, 0) is 6.54 Å². The van der Waals surface area contributed by atoms with Gasteiger partial charge in [-0.15, -0.1) is 11.8 Å². The van der Waals surface area contributed by atoms with Gasteiger partial charge in [-0.2, -0.15) is 4.98 Å². The van der Waals surface area contributed by atoms with Crippen LogP contribution >= 0.6 is 11.8 Å². The zero-order valence-electron chi connectivity index (χ0n) is 19.2. The Morgan fingerprint density at radius 2 is 1.83 bits per heavy atom. The van der Waals surface area contributed by atoms with Crippen LogP contribution in [0.5, 0.6) is 0 Å². The lowest BCUT2D eigenvalue weighted by Crippen LogP contribution is -2.45. The van der Waals surface area contributed by atoms with Crippen molar-refractivity contribution in [2.24, 2.45) is 0 Å². The number of thioether (sulfide) groups is 1. The first-order valence-electron chi connectivity index (χ1n) is 11.1. The predicted molar refractivity (Wildman–Crippen MR) is 134 cm³/mol. The second kappa shape index (κ2) is 9.76. The molecule has 1 unspecified atom stereocenters. The molecule has 1 N–H and O–H groups in total. The van der Waals surface area contributed by atoms with Crippen molar-refractivity contribution in [3.8, 4) is 11.4 Å². The summed E-state index contributed by atoms with van der Waals surface area (Å²) in [5.74, 6) is 0.328. The number of halogens is 1. The number of rotatable bonds is 6. The highest BCUT2D eigenvalue weighted by molar-refractivity contribution is 7.98. The first kappa shape index (κ1) is 22.9. The Morgan fingerprint density at radius 3 is 2.54 bits per heavy atom. The van der Waals surface area contributed by atoms with Gasteiger partial charge in [0.25, 0.3) is 5.89 Å². The number of hydrogen-bond acceptors (Lipinski definition) is 5. The van der Waals surface area contributed by atoms with Crippen molar-refractivity contribution >= 4 is 23.4 Å². The van der Waals surface area contributed by atoms with Crippen LogP contribution in [0.1, 0.15) is 30.0 Å². The van der Waals surface area contributed by atoms with Gasteiger partial charge >= 0.3 is 6.03 Å². The molecule has 5 rings (SSSR count). The monoisotopic (exact) mass is 486 g/mol. The fraction of sp³-hybridized carbons (Fsp3) is 0.148. The summed E-state index contributed by atoms with van der Waals surface area (Å²) in [6.07, 6.45) is 2.02. The van der Waals surface area contributed by atoms with Gasteiger partial charge < -0.3 is 9.84 Å². The van der Waals surface area contributed by atoms with E-state index < -0.39 is 6.04 Å². The minimum atomic E-state index is -0.641. The molecule has 4 aromatic rings. The third-order valence-electron chi connectivity index (χ3n) is 5.97. The number of amides is 2. The lowest BCUT2D eigenvalue weighted by atomic mass is 9.94. The van der Waals surface area contributed by atoms with Crippen molar-refractivity contribution in [1.29, 1.82) is 0 Å². The maximum absolute atomic E-state index is 14.1. The molecule has 0 spiro atoms. The lowest BCUT2D eigenvalue weighted by molar-refractivity contribution is 0.203. The molecule has 0 saturated carbocycles. The number of urea groups is 1. The van der Waals surface area contributed by atoms with E-state index in [1.165, 1.54) is 12.1 Å². The number of allylic oxidation sites excluding steroid dienone is 1. The summed E-state index contributed by atoms with van der Waals surface area (Å²) in [4.78, 5) is 20.6. The molecular weight excluding hydrogens is 463 g/mol. The summed E-state index contributed by atoms with van der Waals surface area (Å²) < 4.78 is 19.8. The molecule has 0 saturated heterocycles. The molecule has 0 aliphatic carbocycles. The average Bonchev–Trinajstić information content (AvgIpc) is 3.37. The average molecular weight is 487 g/mol. The predicted octanol–water partition coefficient (Wildman–Crippen LogP) is 6.30. The first-order valence-corrected chi connectivity index (χ1v) is 12.3. The molecule has 1 aliphatic heterocycles. The fourth-order valence-electron chi connectivity index (χ4n) is 4.14. The van der Waals surface area contributed by atoms with Crippen molar-refractivity contribution in [2.75, 3.05) is 6.26 Å². The third-order valence-corrected chi connectivity index (χ3v) is 6.71. The van der Waals surface area contributed by atoms with Gasteiger partial charge in [-0.05, 0) is 48.6 Å². The molecule has 1 aliphatic rings. The van der Waals surface area contributed by atoms with Crippen LogP contribution in [0.2, 0.25) is 0 Å². The van der Waals surface area contributed by atoms with Crippen molar-refractivity contribution < 1.29 is 13.7 Å². The van der Waals surface area contributed by atoms with E-state index in [4.69, 9.17) is 4.52 Å². The number of carbonyl (C=O) groups excluding carboxylic acids is 1. The van der Waals surface area contributed by atoms with Gasteiger partial charge in [-0.1, -0.05) is 59.8 Å². The molecule has 0 fully saturated rings. The quantitative estimate of drug-likeness (QED) is 0.324. The van der Waals surface area contributed by atoms with Gasteiger partial charge in [-0.3, -0.25) is 4.90 Å². The van der Waals surface area contributed by atoms with Crippen LogP contribution in [0.15, 0.2) is 94.0 Å². The fourth-order valence-corrected chi connectivity index (χ4v) is 4.54. The summed E-state index contributed by atoms with van der Waals surface area (Å²) in [5, 5.41) is 7.17. The number of hydrogen-bond donors (Lipinski definition) is 1. The Balaban J connectivity index is 1.58. The highest BCUT2D eigenvalue weighted by atomic mass is 32.2. The highest BCUT2D eigenvalue weighted by Gasteiger charge is 2.36. The summed E-state index contributed by atoms with van der Waals surface area (Å²) >= 11 is 1.66. The van der Waals surface area contributed by atoms with Crippen LogP contribution in [0.4, 0.5) is 9.18 Å². The lowest BCUT2D eigenvalue weighted by Gasteiger charge is -2.35. The van der Waals surface area contributed by atoms with Crippen LogP contribution in [0, 0.1) is 5.82 Å². The summed E-state index contributed by atoms with van der Waals surface area (Å²) in [6, 6.07) is 22.8. The smallest absolute Gasteiger partial charge is 0.322 e. The largest absolute Gasteiger partial charge is 0.334 e. The molecule has 0 bridgehead atoms. The van der Waals surface area contributed by atoms with Crippen molar-refractivity contribution in [2.45, 2.75) is 24.4 Å². The second-order valence-electron chi connectivity index (χ2n) is 8.16. The van der Waals surface area contributed by atoms with Crippen LogP contribution < -0.4 is 5.32 Å². The van der Waals surface area contributed by atoms with Crippen LogP contribution in [0.25, 0.3) is 17.0 Å². The van der Waals surface area contributed by atoms with Gasteiger partial charge in [0.2, 0.25) is 5.82 Å². The Bertz CT molecular complexity index is 1390. The Hall–Kier alpha value is -3.91. The molecule has 2 amide bonds. The molecule has 0 radical (unpaired) electrons. The number of carbonyl (C=O) groups is 1. The SMILES string of the molecule is CSc1ccc(CN2C(=O)NC(c3cccc(F)c3)C(c3nc(-c4ccccc4)no3)=C2C)cc1. The van der Waals surface area contributed by atoms with E-state index in [2.05, 4.69) is 15.5 Å². The van der Waals surface area contributed by atoms with Crippen LogP contribution in [0.3, 0.4) is 0 Å². The maximum atomic E-state index is 14.1. The normalized spacial score (nSPS) is 15.9. The highest BCUT2D eigenvalue weighted by Crippen LogP contribution is 2.38. The minimum absolute atomic E-state index is 0.276. The maximum Gasteiger partial charge on any atom is 0.322 e. The zero-order valence-corrected chi connectivity index (χ0v) is 20.1. The topological polar surface area (TPSA) is 71.3 Å². The van der Waals surface area contributed by atoms with Gasteiger partial charge in [0.15, 0.2) is 0 Å².